The van der Waals surface area contributed by atoms with Crippen LogP contribution in [-0.2, 0) is 23.1 Å². The van der Waals surface area contributed by atoms with Crippen molar-refractivity contribution in [2.75, 3.05) is 33.0 Å². The van der Waals surface area contributed by atoms with E-state index in [2.05, 4.69) is 47.7 Å². The summed E-state index contributed by atoms with van der Waals surface area (Å²) in [6, 6.07) is 1.14. The van der Waals surface area contributed by atoms with Gasteiger partial charge in [-0.3, -0.25) is 4.79 Å². The minimum Gasteiger partial charge on any atom is -0.516 e. The highest BCUT2D eigenvalue weighted by Gasteiger charge is 2.27. The topological polar surface area (TPSA) is 54.0 Å². The Morgan fingerprint density at radius 3 is 1.74 bits per heavy atom. The van der Waals surface area contributed by atoms with Gasteiger partial charge < -0.3 is 18.3 Å². The molecule has 0 bridgehead atoms. The molecule has 0 heterocycles. The third-order valence-corrected chi connectivity index (χ3v) is 6.88. The zero-order valence-corrected chi connectivity index (χ0v) is 23.0. The fourth-order valence-electron chi connectivity index (χ4n) is 2.34. The molecule has 5 nitrogen and oxygen atoms in total. The molecule has 0 atom stereocenters. The molecule has 0 unspecified atom stereocenters. The molecule has 0 saturated carbocycles. The van der Waals surface area contributed by atoms with Gasteiger partial charge in [-0.25, -0.2) is 0 Å². The number of hydrogen-bond donors (Lipinski definition) is 0. The van der Waals surface area contributed by atoms with Crippen molar-refractivity contribution in [3.05, 3.63) is 36.5 Å². The molecule has 0 aliphatic heterocycles. The zero-order valence-electron chi connectivity index (χ0n) is 21.0. The van der Waals surface area contributed by atoms with E-state index in [1.165, 1.54) is 0 Å². The third kappa shape index (κ3) is 22.0. The first-order chi connectivity index (χ1) is 14.2. The molecule has 7 heteroatoms. The first-order valence-corrected chi connectivity index (χ1v) is 14.4. The molecule has 0 aromatic heterocycles. The molecule has 0 N–H and O–H groups in total. The fraction of sp³-hybridized carbons (Fsp3) is 0.708. The molecule has 0 aliphatic carbocycles. The van der Waals surface area contributed by atoms with Gasteiger partial charge in [0.25, 0.3) is 5.97 Å². The van der Waals surface area contributed by atoms with Crippen molar-refractivity contribution < 1.29 is 23.1 Å². The summed E-state index contributed by atoms with van der Waals surface area (Å²) in [6.07, 6.45) is 2.65. The first-order valence-electron chi connectivity index (χ1n) is 10.8. The van der Waals surface area contributed by atoms with Crippen LogP contribution in [0.15, 0.2) is 36.5 Å². The Kier molecular flexibility index (Phi) is 18.2. The fourth-order valence-corrected chi connectivity index (χ4v) is 4.39. The van der Waals surface area contributed by atoms with Crippen LogP contribution in [0.1, 0.15) is 53.9 Å². The minimum absolute atomic E-state index is 0.251. The van der Waals surface area contributed by atoms with Crippen LogP contribution in [0.3, 0.4) is 0 Å². The van der Waals surface area contributed by atoms with Gasteiger partial charge in [0.05, 0.1) is 25.2 Å². The van der Waals surface area contributed by atoms with E-state index in [4.69, 9.17) is 13.9 Å². The summed E-state index contributed by atoms with van der Waals surface area (Å²) in [5, 5.41) is 0. The molecule has 0 fully saturated rings. The predicted molar refractivity (Wildman–Crippen MR) is 134 cm³/mol. The maximum Gasteiger partial charge on any atom is 0.345 e. The van der Waals surface area contributed by atoms with Crippen LogP contribution in [0.5, 0.6) is 0 Å². The molecule has 31 heavy (non-hydrogen) atoms. The van der Waals surface area contributed by atoms with Gasteiger partial charge in [-0.05, 0) is 73.0 Å². The van der Waals surface area contributed by atoms with Crippen molar-refractivity contribution in [1.29, 1.82) is 0 Å². The van der Waals surface area contributed by atoms with Gasteiger partial charge in [0.15, 0.2) is 8.32 Å². The Bertz CT molecular complexity index is 556. The Morgan fingerprint density at radius 1 is 0.871 bits per heavy atom. The number of ether oxygens (including phenoxy) is 2. The Morgan fingerprint density at radius 2 is 1.32 bits per heavy atom. The first kappa shape index (κ1) is 32.2. The van der Waals surface area contributed by atoms with Gasteiger partial charge in [-0.1, -0.05) is 36.5 Å². The van der Waals surface area contributed by atoms with Crippen LogP contribution in [-0.4, -0.2) is 57.8 Å². The Labute approximate surface area is 195 Å². The molecular weight excluding hydrogens is 424 g/mol. The van der Waals surface area contributed by atoms with Gasteiger partial charge in [0.2, 0.25) is 0 Å². The van der Waals surface area contributed by atoms with Crippen molar-refractivity contribution in [3.63, 3.8) is 0 Å². The average Bonchev–Trinajstić information content (AvgIpc) is 2.65. The summed E-state index contributed by atoms with van der Waals surface area (Å²) in [5.74, 6) is -0.251. The van der Waals surface area contributed by atoms with Gasteiger partial charge in [0.1, 0.15) is 0 Å². The second-order valence-corrected chi connectivity index (χ2v) is 14.0. The number of rotatable bonds is 16. The maximum absolute atomic E-state index is 11.3. The normalized spacial score (nSPS) is 11.4. The predicted octanol–water partition coefficient (Wildman–Crippen LogP) is 5.78. The molecule has 0 spiro atoms. The van der Waals surface area contributed by atoms with E-state index in [1.807, 2.05) is 34.6 Å². The number of carbonyl (C=O) groups excluding carboxylic acids is 1. The summed E-state index contributed by atoms with van der Waals surface area (Å²) in [5.41, 5.74) is 2.72. The molecule has 3 radical (unpaired) electrons. The second-order valence-electron chi connectivity index (χ2n) is 9.51. The van der Waals surface area contributed by atoms with Gasteiger partial charge in [0, 0.05) is 13.2 Å². The molecule has 0 amide bonds. The van der Waals surface area contributed by atoms with Crippen molar-refractivity contribution in [2.24, 2.45) is 5.41 Å². The van der Waals surface area contributed by atoms with Crippen molar-refractivity contribution in [3.8, 4) is 0 Å². The van der Waals surface area contributed by atoms with Crippen LogP contribution in [0.2, 0.25) is 19.1 Å². The Balaban J connectivity index is 0. The molecule has 0 saturated heterocycles. The lowest BCUT2D eigenvalue weighted by molar-refractivity contribution is -0.144. The van der Waals surface area contributed by atoms with Crippen molar-refractivity contribution in [1.82, 2.24) is 0 Å². The molecule has 0 rings (SSSR count). The van der Waals surface area contributed by atoms with Crippen LogP contribution < -0.4 is 0 Å². The van der Waals surface area contributed by atoms with Gasteiger partial charge in [-0.2, -0.15) is 0 Å². The maximum atomic E-state index is 11.3. The molecule has 0 aromatic rings. The van der Waals surface area contributed by atoms with Crippen LogP contribution in [0.25, 0.3) is 0 Å². The van der Waals surface area contributed by atoms with E-state index in [-0.39, 0.29) is 5.97 Å². The molecule has 0 aliphatic rings. The van der Waals surface area contributed by atoms with E-state index in [0.717, 1.165) is 48.6 Å². The van der Waals surface area contributed by atoms with E-state index >= 15 is 0 Å². The molecule has 179 valence electrons. The summed E-state index contributed by atoms with van der Waals surface area (Å²) in [4.78, 5) is 11.3. The summed E-state index contributed by atoms with van der Waals surface area (Å²) >= 11 is 0. The highest BCUT2D eigenvalue weighted by atomic mass is 28.4. The standard InChI is InChI=1S/C13H26O2Si.C11H19O3Si/c1-12(2)10-14-8-7-9-16(5,6)15-11-13(3)4;1-9(2)8-13-7-5-6-11(3,4)10(12)14-15/h1,3,7-11H2,2,4-6H3;1,5-8H2,2-4H3. The summed E-state index contributed by atoms with van der Waals surface area (Å²) < 4.78 is 21.2. The highest BCUT2D eigenvalue weighted by molar-refractivity contribution is 6.71. The smallest absolute Gasteiger partial charge is 0.345 e. The van der Waals surface area contributed by atoms with E-state index < -0.39 is 13.7 Å². The lowest BCUT2D eigenvalue weighted by Crippen LogP contribution is -2.31. The van der Waals surface area contributed by atoms with Crippen molar-refractivity contribution in [2.45, 2.75) is 73.0 Å². The zero-order chi connectivity index (χ0) is 24.5. The molecular formula is C24H45O5Si2. The van der Waals surface area contributed by atoms with E-state index in [9.17, 15) is 4.79 Å². The highest BCUT2D eigenvalue weighted by Crippen LogP contribution is 2.23. The Hall–Kier alpha value is -0.996. The van der Waals surface area contributed by atoms with Crippen molar-refractivity contribution >= 4 is 24.8 Å². The molecule has 0 aromatic carbocycles. The summed E-state index contributed by atoms with van der Waals surface area (Å²) in [6.45, 7) is 28.9. The number of hydrogen-bond acceptors (Lipinski definition) is 5. The van der Waals surface area contributed by atoms with E-state index in [1.54, 1.807) is 0 Å². The monoisotopic (exact) mass is 469 g/mol. The van der Waals surface area contributed by atoms with Gasteiger partial charge in [-0.15, -0.1) is 0 Å². The SMILES string of the molecule is C=C(C)COCCCC(C)(C)C(=O)O[Si].C=C(C)COCCC[Si](C)(C)OCC(=C)C. The second kappa shape index (κ2) is 17.5. The average molecular weight is 470 g/mol. The number of carbonyl (C=O) groups is 1. The largest absolute Gasteiger partial charge is 0.516 e. The van der Waals surface area contributed by atoms with Crippen LogP contribution in [0.4, 0.5) is 0 Å². The van der Waals surface area contributed by atoms with Gasteiger partial charge >= 0.3 is 10.5 Å². The lowest BCUT2D eigenvalue weighted by Gasteiger charge is -2.22. The van der Waals surface area contributed by atoms with E-state index in [0.29, 0.717) is 26.4 Å². The lowest BCUT2D eigenvalue weighted by atomic mass is 9.88. The summed E-state index contributed by atoms with van der Waals surface area (Å²) in [7, 11) is 1.24. The third-order valence-electron chi connectivity index (χ3n) is 4.21. The quantitative estimate of drug-likeness (QED) is 0.163. The van der Waals surface area contributed by atoms with Crippen LogP contribution >= 0.6 is 0 Å². The minimum atomic E-state index is -1.51. The van der Waals surface area contributed by atoms with Crippen LogP contribution in [0, 0.1) is 5.41 Å².